The molecule has 0 saturated heterocycles. The molecule has 0 saturated carbocycles. The highest BCUT2D eigenvalue weighted by Crippen LogP contribution is 2.27. The van der Waals surface area contributed by atoms with Crippen LogP contribution in [-0.4, -0.2) is 23.3 Å². The molecule has 0 bridgehead atoms. The number of carbonyl (C=O) groups is 2. The standard InChI is InChI=1S/C19H20O3/c1-19(2,13-20)16-11-7-6-10-15(16)18(22)12-17(21)14-8-4-3-5-9-14/h3-11,20H,12-13H2,1-2H3. The van der Waals surface area contributed by atoms with E-state index in [4.69, 9.17) is 0 Å². The van der Waals surface area contributed by atoms with Gasteiger partial charge in [-0.3, -0.25) is 9.59 Å². The molecule has 114 valence electrons. The minimum Gasteiger partial charge on any atom is -0.395 e. The van der Waals surface area contributed by atoms with Crippen molar-refractivity contribution in [3.05, 3.63) is 71.3 Å². The Hall–Kier alpha value is -2.26. The summed E-state index contributed by atoms with van der Waals surface area (Å²) in [5, 5.41) is 9.54. The number of benzene rings is 2. The number of hydrogen-bond donors (Lipinski definition) is 1. The number of ketones is 2. The van der Waals surface area contributed by atoms with E-state index in [1.807, 2.05) is 32.0 Å². The van der Waals surface area contributed by atoms with E-state index in [1.54, 1.807) is 36.4 Å². The Bertz CT molecular complexity index is 672. The van der Waals surface area contributed by atoms with E-state index in [0.29, 0.717) is 11.1 Å². The molecule has 0 amide bonds. The van der Waals surface area contributed by atoms with Crippen molar-refractivity contribution >= 4 is 11.6 Å². The van der Waals surface area contributed by atoms with Gasteiger partial charge in [-0.15, -0.1) is 0 Å². The van der Waals surface area contributed by atoms with Crippen LogP contribution in [0, 0.1) is 0 Å². The number of aliphatic hydroxyl groups is 1. The number of carbonyl (C=O) groups excluding carboxylic acids is 2. The van der Waals surface area contributed by atoms with Crippen LogP contribution in [0.4, 0.5) is 0 Å². The fraction of sp³-hybridized carbons (Fsp3) is 0.263. The van der Waals surface area contributed by atoms with Gasteiger partial charge in [0.1, 0.15) is 0 Å². The molecule has 0 unspecified atom stereocenters. The summed E-state index contributed by atoms with van der Waals surface area (Å²) >= 11 is 0. The lowest BCUT2D eigenvalue weighted by Gasteiger charge is -2.24. The van der Waals surface area contributed by atoms with E-state index in [-0.39, 0.29) is 24.6 Å². The van der Waals surface area contributed by atoms with Gasteiger partial charge in [-0.25, -0.2) is 0 Å². The van der Waals surface area contributed by atoms with E-state index in [0.717, 1.165) is 5.56 Å². The Balaban J connectivity index is 2.26. The fourth-order valence-corrected chi connectivity index (χ4v) is 2.37. The van der Waals surface area contributed by atoms with Crippen molar-refractivity contribution < 1.29 is 14.7 Å². The molecular formula is C19H20O3. The maximum atomic E-state index is 12.5. The highest BCUT2D eigenvalue weighted by atomic mass is 16.3. The zero-order valence-electron chi connectivity index (χ0n) is 12.9. The van der Waals surface area contributed by atoms with Gasteiger partial charge in [0, 0.05) is 16.5 Å². The first-order valence-corrected chi connectivity index (χ1v) is 7.27. The van der Waals surface area contributed by atoms with Gasteiger partial charge in [-0.05, 0) is 5.56 Å². The summed E-state index contributed by atoms with van der Waals surface area (Å²) in [4.78, 5) is 24.7. The molecule has 0 aromatic heterocycles. The van der Waals surface area contributed by atoms with Gasteiger partial charge >= 0.3 is 0 Å². The average molecular weight is 296 g/mol. The SMILES string of the molecule is CC(C)(CO)c1ccccc1C(=O)CC(=O)c1ccccc1. The molecule has 0 radical (unpaired) electrons. The lowest BCUT2D eigenvalue weighted by atomic mass is 9.81. The lowest BCUT2D eigenvalue weighted by Crippen LogP contribution is -2.25. The van der Waals surface area contributed by atoms with Crippen LogP contribution >= 0.6 is 0 Å². The van der Waals surface area contributed by atoms with E-state index in [1.165, 1.54) is 0 Å². The van der Waals surface area contributed by atoms with Crippen LogP contribution < -0.4 is 0 Å². The third-order valence-electron chi connectivity index (χ3n) is 3.77. The lowest BCUT2D eigenvalue weighted by molar-refractivity contribution is 0.0892. The van der Waals surface area contributed by atoms with Crippen molar-refractivity contribution in [3.8, 4) is 0 Å². The first-order valence-electron chi connectivity index (χ1n) is 7.27. The highest BCUT2D eigenvalue weighted by Gasteiger charge is 2.25. The molecule has 2 rings (SSSR count). The van der Waals surface area contributed by atoms with Crippen LogP contribution in [0.2, 0.25) is 0 Å². The molecule has 0 aliphatic rings. The molecule has 1 N–H and O–H groups in total. The van der Waals surface area contributed by atoms with Gasteiger partial charge in [-0.2, -0.15) is 0 Å². The second-order valence-electron chi connectivity index (χ2n) is 5.98. The number of hydrogen-bond acceptors (Lipinski definition) is 3. The molecule has 22 heavy (non-hydrogen) atoms. The van der Waals surface area contributed by atoms with Crippen molar-refractivity contribution in [1.29, 1.82) is 0 Å². The Morgan fingerprint density at radius 3 is 2.14 bits per heavy atom. The molecule has 3 nitrogen and oxygen atoms in total. The van der Waals surface area contributed by atoms with E-state index in [2.05, 4.69) is 0 Å². The van der Waals surface area contributed by atoms with Crippen LogP contribution in [0.3, 0.4) is 0 Å². The Labute approximate surface area is 130 Å². The second-order valence-corrected chi connectivity index (χ2v) is 5.98. The highest BCUT2D eigenvalue weighted by molar-refractivity contribution is 6.14. The summed E-state index contributed by atoms with van der Waals surface area (Å²) in [6, 6.07) is 16.0. The Morgan fingerprint density at radius 2 is 1.50 bits per heavy atom. The Morgan fingerprint density at radius 1 is 0.909 bits per heavy atom. The second kappa shape index (κ2) is 6.67. The summed E-state index contributed by atoms with van der Waals surface area (Å²) in [7, 11) is 0. The molecule has 0 atom stereocenters. The predicted octanol–water partition coefficient (Wildman–Crippen LogP) is 3.41. The quantitative estimate of drug-likeness (QED) is 0.656. The first-order chi connectivity index (χ1) is 10.5. The summed E-state index contributed by atoms with van der Waals surface area (Å²) in [6.45, 7) is 3.68. The summed E-state index contributed by atoms with van der Waals surface area (Å²) in [5.74, 6) is -0.409. The number of aliphatic hydroxyl groups excluding tert-OH is 1. The maximum absolute atomic E-state index is 12.5. The van der Waals surface area contributed by atoms with Crippen molar-refractivity contribution in [3.63, 3.8) is 0 Å². The molecule has 0 spiro atoms. The largest absolute Gasteiger partial charge is 0.395 e. The van der Waals surface area contributed by atoms with Crippen molar-refractivity contribution in [2.45, 2.75) is 25.7 Å². The zero-order valence-corrected chi connectivity index (χ0v) is 12.9. The van der Waals surface area contributed by atoms with Crippen LogP contribution in [0.25, 0.3) is 0 Å². The normalized spacial score (nSPS) is 11.2. The average Bonchev–Trinajstić information content (AvgIpc) is 2.55. The zero-order chi connectivity index (χ0) is 16.2. The van der Waals surface area contributed by atoms with E-state index < -0.39 is 5.41 Å². The van der Waals surface area contributed by atoms with Gasteiger partial charge < -0.3 is 5.11 Å². The smallest absolute Gasteiger partial charge is 0.170 e. The van der Waals surface area contributed by atoms with Crippen LogP contribution in [0.5, 0.6) is 0 Å². The minimum absolute atomic E-state index is 0.0656. The summed E-state index contributed by atoms with van der Waals surface area (Å²) in [5.41, 5.74) is 1.28. The third kappa shape index (κ3) is 3.49. The van der Waals surface area contributed by atoms with Gasteiger partial charge in [0.05, 0.1) is 13.0 Å². The molecule has 0 fully saturated rings. The van der Waals surface area contributed by atoms with E-state index >= 15 is 0 Å². The molecule has 3 heteroatoms. The monoisotopic (exact) mass is 296 g/mol. The molecule has 0 aliphatic heterocycles. The topological polar surface area (TPSA) is 54.4 Å². The maximum Gasteiger partial charge on any atom is 0.170 e. The third-order valence-corrected chi connectivity index (χ3v) is 3.77. The van der Waals surface area contributed by atoms with Gasteiger partial charge in [0.15, 0.2) is 11.6 Å². The first kappa shape index (κ1) is 16.1. The van der Waals surface area contributed by atoms with E-state index in [9.17, 15) is 14.7 Å². The molecule has 0 aliphatic carbocycles. The van der Waals surface area contributed by atoms with Crippen LogP contribution in [0.15, 0.2) is 54.6 Å². The van der Waals surface area contributed by atoms with Crippen LogP contribution in [-0.2, 0) is 5.41 Å². The minimum atomic E-state index is -0.526. The summed E-state index contributed by atoms with van der Waals surface area (Å²) < 4.78 is 0. The Kier molecular flexibility index (Phi) is 4.88. The summed E-state index contributed by atoms with van der Waals surface area (Å²) in [6.07, 6.45) is -0.164. The molecule has 0 heterocycles. The molecule has 2 aromatic carbocycles. The number of Topliss-reactive ketones (excluding diaryl/α,β-unsaturated/α-hetero) is 2. The molecule has 2 aromatic rings. The number of rotatable bonds is 6. The van der Waals surface area contributed by atoms with Crippen molar-refractivity contribution in [1.82, 2.24) is 0 Å². The molecular weight excluding hydrogens is 276 g/mol. The van der Waals surface area contributed by atoms with Crippen molar-refractivity contribution in [2.75, 3.05) is 6.61 Å². The van der Waals surface area contributed by atoms with Crippen molar-refractivity contribution in [2.24, 2.45) is 0 Å². The fourth-order valence-electron chi connectivity index (χ4n) is 2.37. The van der Waals surface area contributed by atoms with Gasteiger partial charge in [-0.1, -0.05) is 68.4 Å². The van der Waals surface area contributed by atoms with Gasteiger partial charge in [0.25, 0.3) is 0 Å². The predicted molar refractivity (Wildman–Crippen MR) is 86.3 cm³/mol. The van der Waals surface area contributed by atoms with Gasteiger partial charge in [0.2, 0.25) is 0 Å². The van der Waals surface area contributed by atoms with Crippen LogP contribution in [0.1, 0.15) is 46.5 Å².